The summed E-state index contributed by atoms with van der Waals surface area (Å²) in [4.78, 5) is 28.2. The van der Waals surface area contributed by atoms with Crippen LogP contribution in [0.2, 0.25) is 0 Å². The molecule has 0 aromatic heterocycles. The van der Waals surface area contributed by atoms with Crippen molar-refractivity contribution in [1.29, 1.82) is 0 Å². The standard InChI is InChI=1S/C26H32N2O5/c1-17-6-8-19(9-7-17)25(29)27-21(26(30)28-14-12-18(2)13-15-28)16-20-10-11-22(31-3)24(33-5)23(20)32-4/h6-11,16,18H,12-15H2,1-5H3,(H,27,29)/b21-16-. The molecule has 33 heavy (non-hydrogen) atoms. The van der Waals surface area contributed by atoms with Crippen LogP contribution in [0, 0.1) is 12.8 Å². The highest BCUT2D eigenvalue weighted by atomic mass is 16.5. The lowest BCUT2D eigenvalue weighted by molar-refractivity contribution is -0.128. The van der Waals surface area contributed by atoms with Gasteiger partial charge in [-0.25, -0.2) is 0 Å². The minimum atomic E-state index is -0.348. The zero-order valence-corrected chi connectivity index (χ0v) is 19.9. The third-order valence-corrected chi connectivity index (χ3v) is 5.90. The van der Waals surface area contributed by atoms with Crippen LogP contribution in [0.25, 0.3) is 6.08 Å². The number of aryl methyl sites for hydroxylation is 1. The molecule has 1 saturated heterocycles. The Morgan fingerprint density at radius 3 is 2.15 bits per heavy atom. The second-order valence-corrected chi connectivity index (χ2v) is 8.28. The topological polar surface area (TPSA) is 77.1 Å². The maximum absolute atomic E-state index is 13.5. The molecule has 1 fully saturated rings. The van der Waals surface area contributed by atoms with Crippen molar-refractivity contribution >= 4 is 17.9 Å². The monoisotopic (exact) mass is 452 g/mol. The SMILES string of the molecule is COc1ccc(/C=C(\NC(=O)c2ccc(C)cc2)C(=O)N2CCC(C)CC2)c(OC)c1OC. The maximum atomic E-state index is 13.5. The van der Waals surface area contributed by atoms with Gasteiger partial charge in [-0.3, -0.25) is 9.59 Å². The Kier molecular flexibility index (Phi) is 7.98. The fourth-order valence-corrected chi connectivity index (χ4v) is 3.83. The summed E-state index contributed by atoms with van der Waals surface area (Å²) in [5, 5.41) is 2.83. The van der Waals surface area contributed by atoms with Gasteiger partial charge < -0.3 is 24.4 Å². The molecule has 0 radical (unpaired) electrons. The Labute approximate surface area is 195 Å². The number of hydrogen-bond acceptors (Lipinski definition) is 5. The van der Waals surface area contributed by atoms with E-state index in [0.717, 1.165) is 18.4 Å². The number of amides is 2. The average Bonchev–Trinajstić information content (AvgIpc) is 2.83. The van der Waals surface area contributed by atoms with Crippen molar-refractivity contribution in [2.24, 2.45) is 5.92 Å². The fourth-order valence-electron chi connectivity index (χ4n) is 3.83. The summed E-state index contributed by atoms with van der Waals surface area (Å²) in [5.74, 6) is 1.34. The predicted molar refractivity (Wildman–Crippen MR) is 128 cm³/mol. The molecule has 7 heteroatoms. The Balaban J connectivity index is 2.01. The summed E-state index contributed by atoms with van der Waals surface area (Å²) in [6.45, 7) is 5.45. The number of rotatable bonds is 7. The highest BCUT2D eigenvalue weighted by Crippen LogP contribution is 2.40. The summed E-state index contributed by atoms with van der Waals surface area (Å²) >= 11 is 0. The van der Waals surface area contributed by atoms with Crippen molar-refractivity contribution < 1.29 is 23.8 Å². The van der Waals surface area contributed by atoms with Crippen molar-refractivity contribution in [2.45, 2.75) is 26.7 Å². The number of carbonyl (C=O) groups is 2. The van der Waals surface area contributed by atoms with E-state index in [2.05, 4.69) is 12.2 Å². The van der Waals surface area contributed by atoms with E-state index < -0.39 is 0 Å². The first-order valence-electron chi connectivity index (χ1n) is 11.1. The molecule has 1 aliphatic heterocycles. The van der Waals surface area contributed by atoms with Gasteiger partial charge in [0.05, 0.1) is 21.3 Å². The lowest BCUT2D eigenvalue weighted by Gasteiger charge is -2.31. The predicted octanol–water partition coefficient (Wildman–Crippen LogP) is 4.05. The van der Waals surface area contributed by atoms with Gasteiger partial charge in [-0.1, -0.05) is 24.6 Å². The molecule has 176 valence electrons. The molecule has 2 amide bonds. The van der Waals surface area contributed by atoms with Gasteiger partial charge in [-0.2, -0.15) is 0 Å². The van der Waals surface area contributed by atoms with Gasteiger partial charge in [0.2, 0.25) is 5.75 Å². The third kappa shape index (κ3) is 5.66. The van der Waals surface area contributed by atoms with Gasteiger partial charge in [0, 0.05) is 24.2 Å². The van der Waals surface area contributed by atoms with Crippen LogP contribution in [0.1, 0.15) is 41.3 Å². The molecule has 0 spiro atoms. The number of carbonyl (C=O) groups excluding carboxylic acids is 2. The smallest absolute Gasteiger partial charge is 0.270 e. The number of piperidine rings is 1. The number of likely N-dealkylation sites (tertiary alicyclic amines) is 1. The maximum Gasteiger partial charge on any atom is 0.270 e. The first-order chi connectivity index (χ1) is 15.9. The fraction of sp³-hybridized carbons (Fsp3) is 0.385. The number of nitrogens with zero attached hydrogens (tertiary/aromatic N) is 1. The second-order valence-electron chi connectivity index (χ2n) is 8.28. The van der Waals surface area contributed by atoms with E-state index in [1.165, 1.54) is 14.2 Å². The molecule has 1 heterocycles. The van der Waals surface area contributed by atoms with Gasteiger partial charge in [0.1, 0.15) is 5.70 Å². The first kappa shape index (κ1) is 24.2. The number of ether oxygens (including phenoxy) is 3. The van der Waals surface area contributed by atoms with E-state index in [0.29, 0.717) is 47.4 Å². The molecule has 0 bridgehead atoms. The van der Waals surface area contributed by atoms with Crippen molar-refractivity contribution in [3.05, 3.63) is 58.8 Å². The van der Waals surface area contributed by atoms with Crippen molar-refractivity contribution in [1.82, 2.24) is 10.2 Å². The van der Waals surface area contributed by atoms with Crippen LogP contribution in [0.3, 0.4) is 0 Å². The molecule has 1 aliphatic rings. The lowest BCUT2D eigenvalue weighted by atomic mass is 9.99. The van der Waals surface area contributed by atoms with E-state index in [9.17, 15) is 9.59 Å². The number of hydrogen-bond donors (Lipinski definition) is 1. The van der Waals surface area contributed by atoms with Crippen molar-refractivity contribution in [3.63, 3.8) is 0 Å². The highest BCUT2D eigenvalue weighted by Gasteiger charge is 2.25. The molecule has 3 rings (SSSR count). The van der Waals surface area contributed by atoms with Gasteiger partial charge in [0.15, 0.2) is 11.5 Å². The third-order valence-electron chi connectivity index (χ3n) is 5.90. The van der Waals surface area contributed by atoms with Crippen LogP contribution >= 0.6 is 0 Å². The summed E-state index contributed by atoms with van der Waals surface area (Å²) in [7, 11) is 4.59. The summed E-state index contributed by atoms with van der Waals surface area (Å²) in [5.41, 5.74) is 2.30. The Bertz CT molecular complexity index is 1020. The molecular weight excluding hydrogens is 420 g/mol. The van der Waals surface area contributed by atoms with E-state index in [4.69, 9.17) is 14.2 Å². The summed E-state index contributed by atoms with van der Waals surface area (Å²) < 4.78 is 16.4. The van der Waals surface area contributed by atoms with Crippen LogP contribution in [-0.4, -0.2) is 51.1 Å². The average molecular weight is 453 g/mol. The molecule has 1 N–H and O–H groups in total. The molecule has 0 aliphatic carbocycles. The van der Waals surface area contributed by atoms with Crippen molar-refractivity contribution in [3.8, 4) is 17.2 Å². The highest BCUT2D eigenvalue weighted by molar-refractivity contribution is 6.05. The Morgan fingerprint density at radius 1 is 0.939 bits per heavy atom. The second kappa shape index (κ2) is 10.9. The normalized spacial score (nSPS) is 14.6. The van der Waals surface area contributed by atoms with Gasteiger partial charge in [0.25, 0.3) is 11.8 Å². The van der Waals surface area contributed by atoms with E-state index in [1.54, 1.807) is 42.4 Å². The number of benzene rings is 2. The lowest BCUT2D eigenvalue weighted by Crippen LogP contribution is -2.42. The van der Waals surface area contributed by atoms with E-state index in [-0.39, 0.29) is 17.5 Å². The molecule has 0 atom stereocenters. The van der Waals surface area contributed by atoms with E-state index >= 15 is 0 Å². The first-order valence-corrected chi connectivity index (χ1v) is 11.1. The summed E-state index contributed by atoms with van der Waals surface area (Å²) in [6, 6.07) is 10.7. The molecule has 7 nitrogen and oxygen atoms in total. The van der Waals surface area contributed by atoms with Gasteiger partial charge >= 0.3 is 0 Å². The van der Waals surface area contributed by atoms with Crippen molar-refractivity contribution in [2.75, 3.05) is 34.4 Å². The van der Waals surface area contributed by atoms with Gasteiger partial charge in [-0.05, 0) is 56.0 Å². The zero-order valence-electron chi connectivity index (χ0n) is 19.9. The van der Waals surface area contributed by atoms with E-state index in [1.807, 2.05) is 19.1 Å². The molecule has 0 saturated carbocycles. The Morgan fingerprint density at radius 2 is 1.58 bits per heavy atom. The molecule has 2 aromatic rings. The number of methoxy groups -OCH3 is 3. The quantitative estimate of drug-likeness (QED) is 0.642. The minimum absolute atomic E-state index is 0.181. The van der Waals surface area contributed by atoms with Gasteiger partial charge in [-0.15, -0.1) is 0 Å². The van der Waals surface area contributed by atoms with Crippen LogP contribution in [0.4, 0.5) is 0 Å². The Hall–Kier alpha value is -3.48. The summed E-state index contributed by atoms with van der Waals surface area (Å²) in [6.07, 6.45) is 3.50. The number of nitrogens with one attached hydrogen (secondary N) is 1. The zero-order chi connectivity index (χ0) is 24.0. The molecule has 0 unspecified atom stereocenters. The van der Waals surface area contributed by atoms with Crippen LogP contribution in [0.15, 0.2) is 42.1 Å². The molecule has 2 aromatic carbocycles. The van der Waals surface area contributed by atoms with Crippen LogP contribution in [-0.2, 0) is 4.79 Å². The molecular formula is C26H32N2O5. The van der Waals surface area contributed by atoms with Crippen LogP contribution < -0.4 is 19.5 Å². The minimum Gasteiger partial charge on any atom is -0.493 e. The largest absolute Gasteiger partial charge is 0.493 e. The van der Waals surface area contributed by atoms with Crippen LogP contribution in [0.5, 0.6) is 17.2 Å².